The van der Waals surface area contributed by atoms with Crippen LogP contribution < -0.4 is 19.7 Å². The molecule has 1 N–H and O–H groups in total. The molecule has 4 aromatic rings. The number of aryl methyl sites for hydroxylation is 1. The van der Waals surface area contributed by atoms with Gasteiger partial charge < -0.3 is 29.3 Å². The standard InChI is InChI=1S/C34H40N6O5/c1-21(2)19-43-27-14-25-15-28(16-27)45-26-8-6-7-24(13-26)20-44-30-17-39(12-10-29(30)37-32(41)18-38(5)34(25)42)33-22(3)23(4)36-31-9-11-35-40(31)33/h6-9,11,13-16,21,29-30H,10,12,17-20H2,1-5H3,(H,37,41)/t29-,30-/m0/s1. The summed E-state index contributed by atoms with van der Waals surface area (Å²) in [6, 6.07) is 14.5. The SMILES string of the molecule is Cc1nc2ccnn2c(N2CC[C@@H]3NC(=O)CN(C)C(=O)c4cc(OCC(C)C)cc(c4)Oc4cccc(c4)CO[C@H]3C2)c1C. The third-order valence-electron chi connectivity index (χ3n) is 8.22. The average Bonchev–Trinajstić information content (AvgIpc) is 3.47. The minimum atomic E-state index is -0.326. The summed E-state index contributed by atoms with van der Waals surface area (Å²) in [5.74, 6) is 2.35. The number of hydrogen-bond donors (Lipinski definition) is 1. The van der Waals surface area contributed by atoms with Crippen LogP contribution in [0.3, 0.4) is 0 Å². The van der Waals surface area contributed by atoms with Gasteiger partial charge in [0.05, 0.1) is 38.1 Å². The molecule has 11 heteroatoms. The quantitative estimate of drug-likeness (QED) is 0.358. The molecule has 1 saturated heterocycles. The summed E-state index contributed by atoms with van der Waals surface area (Å²) in [6.45, 7) is 10.1. The van der Waals surface area contributed by atoms with Gasteiger partial charge in [-0.1, -0.05) is 26.0 Å². The number of rotatable bonds is 4. The van der Waals surface area contributed by atoms with E-state index >= 15 is 0 Å². The highest BCUT2D eigenvalue weighted by atomic mass is 16.5. The van der Waals surface area contributed by atoms with Gasteiger partial charge in [-0.15, -0.1) is 0 Å². The van der Waals surface area contributed by atoms with Gasteiger partial charge in [0.2, 0.25) is 5.91 Å². The Morgan fingerprint density at radius 3 is 2.76 bits per heavy atom. The molecule has 2 aromatic heterocycles. The van der Waals surface area contributed by atoms with Gasteiger partial charge >= 0.3 is 0 Å². The van der Waals surface area contributed by atoms with E-state index in [1.54, 1.807) is 31.4 Å². The minimum Gasteiger partial charge on any atom is -0.493 e. The predicted octanol–water partition coefficient (Wildman–Crippen LogP) is 4.54. The lowest BCUT2D eigenvalue weighted by Gasteiger charge is -2.40. The number of carbonyl (C=O) groups excluding carboxylic acids is 2. The molecule has 11 nitrogen and oxygen atoms in total. The average molecular weight is 613 g/mol. The summed E-state index contributed by atoms with van der Waals surface area (Å²) in [7, 11) is 1.62. The monoisotopic (exact) mass is 612 g/mol. The number of nitrogens with zero attached hydrogens (tertiary/aromatic N) is 5. The smallest absolute Gasteiger partial charge is 0.254 e. The third kappa shape index (κ3) is 6.73. The second kappa shape index (κ2) is 12.8. The number of ether oxygens (including phenoxy) is 3. The van der Waals surface area contributed by atoms with E-state index in [-0.39, 0.29) is 30.5 Å². The summed E-state index contributed by atoms with van der Waals surface area (Å²) < 4.78 is 20.6. The molecule has 45 heavy (non-hydrogen) atoms. The molecule has 0 spiro atoms. The molecular formula is C34H40N6O5. The van der Waals surface area contributed by atoms with Crippen LogP contribution in [-0.4, -0.2) is 76.7 Å². The molecule has 4 heterocycles. The van der Waals surface area contributed by atoms with Crippen molar-refractivity contribution in [3.05, 3.63) is 77.1 Å². The van der Waals surface area contributed by atoms with Gasteiger partial charge in [-0.2, -0.15) is 9.61 Å². The van der Waals surface area contributed by atoms with Crippen LogP contribution in [0.2, 0.25) is 0 Å². The molecule has 2 amide bonds. The number of benzene rings is 2. The number of carbonyl (C=O) groups is 2. The van der Waals surface area contributed by atoms with Crippen LogP contribution in [0.1, 0.15) is 47.4 Å². The Labute approximate surface area is 263 Å². The molecule has 2 aromatic carbocycles. The van der Waals surface area contributed by atoms with Crippen molar-refractivity contribution in [2.45, 2.75) is 52.9 Å². The van der Waals surface area contributed by atoms with Gasteiger partial charge in [0, 0.05) is 49.1 Å². The Bertz CT molecular complexity index is 1720. The van der Waals surface area contributed by atoms with Crippen LogP contribution in [0.5, 0.6) is 17.2 Å². The van der Waals surface area contributed by atoms with Gasteiger partial charge in [-0.3, -0.25) is 9.59 Å². The van der Waals surface area contributed by atoms with E-state index in [1.807, 2.05) is 41.8 Å². The molecule has 0 saturated carbocycles. The number of likely N-dealkylation sites (N-methyl/N-ethyl adjacent to an activating group) is 1. The van der Waals surface area contributed by atoms with Crippen molar-refractivity contribution in [3.8, 4) is 17.2 Å². The van der Waals surface area contributed by atoms with Crippen LogP contribution >= 0.6 is 0 Å². The summed E-state index contributed by atoms with van der Waals surface area (Å²) in [6.07, 6.45) is 2.08. The zero-order valence-electron chi connectivity index (χ0n) is 26.4. The maximum Gasteiger partial charge on any atom is 0.254 e. The first-order valence-corrected chi connectivity index (χ1v) is 15.4. The second-order valence-corrected chi connectivity index (χ2v) is 12.3. The van der Waals surface area contributed by atoms with E-state index in [0.717, 1.165) is 28.3 Å². The largest absolute Gasteiger partial charge is 0.493 e. The predicted molar refractivity (Wildman–Crippen MR) is 170 cm³/mol. The lowest BCUT2D eigenvalue weighted by molar-refractivity contribution is -0.123. The Morgan fingerprint density at radius 2 is 1.93 bits per heavy atom. The summed E-state index contributed by atoms with van der Waals surface area (Å²) in [5, 5.41) is 7.71. The zero-order chi connectivity index (χ0) is 31.7. The van der Waals surface area contributed by atoms with Crippen LogP contribution in [0.15, 0.2) is 54.7 Å². The number of nitrogens with one attached hydrogen (secondary N) is 1. The first-order valence-electron chi connectivity index (χ1n) is 15.4. The number of hydrogen-bond acceptors (Lipinski definition) is 8. The molecule has 2 aliphatic heterocycles. The van der Waals surface area contributed by atoms with Crippen molar-refractivity contribution < 1.29 is 23.8 Å². The highest BCUT2D eigenvalue weighted by molar-refractivity contribution is 5.97. The van der Waals surface area contributed by atoms with Crippen LogP contribution in [-0.2, 0) is 16.1 Å². The summed E-state index contributed by atoms with van der Waals surface area (Å²) >= 11 is 0. The molecule has 2 aliphatic rings. The van der Waals surface area contributed by atoms with Crippen molar-refractivity contribution in [3.63, 3.8) is 0 Å². The highest BCUT2D eigenvalue weighted by Crippen LogP contribution is 2.31. The van der Waals surface area contributed by atoms with Gasteiger partial charge in [0.1, 0.15) is 23.1 Å². The molecule has 4 bridgehead atoms. The van der Waals surface area contributed by atoms with Crippen molar-refractivity contribution in [1.29, 1.82) is 0 Å². The third-order valence-corrected chi connectivity index (χ3v) is 8.22. The molecule has 0 unspecified atom stereocenters. The van der Waals surface area contributed by atoms with Crippen molar-refractivity contribution in [1.82, 2.24) is 24.8 Å². The van der Waals surface area contributed by atoms with Gasteiger partial charge in [-0.05, 0) is 56.0 Å². The topological polar surface area (TPSA) is 111 Å². The molecule has 6 rings (SSSR count). The lowest BCUT2D eigenvalue weighted by Crippen LogP contribution is -2.56. The number of fused-ring (bicyclic) bond motifs is 6. The van der Waals surface area contributed by atoms with Gasteiger partial charge in [-0.25, -0.2) is 4.98 Å². The Balaban J connectivity index is 1.31. The van der Waals surface area contributed by atoms with Crippen molar-refractivity contribution in [2.24, 2.45) is 5.92 Å². The Hall–Kier alpha value is -4.64. The lowest BCUT2D eigenvalue weighted by atomic mass is 10.0. The first kappa shape index (κ1) is 30.4. The van der Waals surface area contributed by atoms with E-state index in [9.17, 15) is 9.59 Å². The van der Waals surface area contributed by atoms with E-state index in [4.69, 9.17) is 14.2 Å². The fourth-order valence-corrected chi connectivity index (χ4v) is 5.83. The van der Waals surface area contributed by atoms with Crippen LogP contribution in [0, 0.1) is 19.8 Å². The Morgan fingerprint density at radius 1 is 1.09 bits per heavy atom. The minimum absolute atomic E-state index is 0.103. The first-order chi connectivity index (χ1) is 21.6. The summed E-state index contributed by atoms with van der Waals surface area (Å²) in [4.78, 5) is 35.2. The van der Waals surface area contributed by atoms with Gasteiger partial charge in [0.15, 0.2) is 5.65 Å². The van der Waals surface area contributed by atoms with Crippen molar-refractivity contribution in [2.75, 3.05) is 38.2 Å². The van der Waals surface area contributed by atoms with Crippen LogP contribution in [0.4, 0.5) is 5.82 Å². The zero-order valence-corrected chi connectivity index (χ0v) is 26.4. The fraction of sp³-hybridized carbons (Fsp3) is 0.412. The van der Waals surface area contributed by atoms with Crippen molar-refractivity contribution >= 4 is 23.3 Å². The van der Waals surface area contributed by atoms with Crippen LogP contribution in [0.25, 0.3) is 5.65 Å². The number of aromatic nitrogens is 3. The van der Waals surface area contributed by atoms with E-state index < -0.39 is 0 Å². The maximum atomic E-state index is 13.5. The maximum absolute atomic E-state index is 13.5. The molecule has 2 atom stereocenters. The number of piperidine rings is 1. The number of anilines is 1. The molecule has 0 aliphatic carbocycles. The second-order valence-electron chi connectivity index (χ2n) is 12.3. The van der Waals surface area contributed by atoms with E-state index in [2.05, 4.69) is 41.1 Å². The Kier molecular flexibility index (Phi) is 8.62. The molecule has 0 radical (unpaired) electrons. The molecule has 236 valence electrons. The van der Waals surface area contributed by atoms with E-state index in [0.29, 0.717) is 61.5 Å². The summed E-state index contributed by atoms with van der Waals surface area (Å²) in [5.41, 5.74) is 4.09. The van der Waals surface area contributed by atoms with Gasteiger partial charge in [0.25, 0.3) is 5.91 Å². The fourth-order valence-electron chi connectivity index (χ4n) is 5.83. The normalized spacial score (nSPS) is 19.3. The number of amides is 2. The van der Waals surface area contributed by atoms with E-state index in [1.165, 1.54) is 4.90 Å². The highest BCUT2D eigenvalue weighted by Gasteiger charge is 2.34. The molecule has 1 fully saturated rings. The molecular weight excluding hydrogens is 572 g/mol.